The molecule has 0 spiro atoms. The van der Waals surface area contributed by atoms with E-state index in [1.54, 1.807) is 36.4 Å². The number of hydrogen-bond acceptors (Lipinski definition) is 4. The van der Waals surface area contributed by atoms with E-state index in [0.717, 1.165) is 10.4 Å². The van der Waals surface area contributed by atoms with Crippen LogP contribution in [0.4, 0.5) is 4.39 Å². The van der Waals surface area contributed by atoms with E-state index < -0.39 is 11.8 Å². The molecule has 2 heterocycles. The van der Waals surface area contributed by atoms with Gasteiger partial charge in [-0.2, -0.15) is 0 Å². The number of carbonyl (C=O) groups excluding carboxylic acids is 1. The number of rotatable bonds is 5. The lowest BCUT2D eigenvalue weighted by molar-refractivity contribution is -0.122. The first-order valence-electron chi connectivity index (χ1n) is 8.28. The summed E-state index contributed by atoms with van der Waals surface area (Å²) in [6.07, 6.45) is 0. The first kappa shape index (κ1) is 17.2. The summed E-state index contributed by atoms with van der Waals surface area (Å²) in [6.45, 7) is -0.168. The number of thiophene rings is 1. The van der Waals surface area contributed by atoms with Crippen LogP contribution in [0, 0.1) is 5.82 Å². The van der Waals surface area contributed by atoms with Gasteiger partial charge in [-0.15, -0.1) is 11.3 Å². The second-order valence-corrected chi connectivity index (χ2v) is 6.97. The minimum Gasteiger partial charge on any atom is -0.408 e. The largest absolute Gasteiger partial charge is 0.420 e. The smallest absolute Gasteiger partial charge is 0.408 e. The van der Waals surface area contributed by atoms with Crippen molar-refractivity contribution in [2.45, 2.75) is 12.6 Å². The highest BCUT2D eigenvalue weighted by atomic mass is 32.1. The minimum absolute atomic E-state index is 0.168. The van der Waals surface area contributed by atoms with Crippen molar-refractivity contribution in [1.29, 1.82) is 0 Å². The number of para-hydroxylation sites is 2. The van der Waals surface area contributed by atoms with Crippen LogP contribution in [-0.4, -0.2) is 10.5 Å². The molecule has 5 nitrogen and oxygen atoms in total. The van der Waals surface area contributed by atoms with Crippen LogP contribution in [0.5, 0.6) is 0 Å². The normalized spacial score (nSPS) is 12.2. The number of nitrogens with one attached hydrogen (secondary N) is 1. The second kappa shape index (κ2) is 7.20. The maximum atomic E-state index is 13.3. The number of aromatic nitrogens is 1. The summed E-state index contributed by atoms with van der Waals surface area (Å²) in [6, 6.07) is 16.3. The Labute approximate surface area is 157 Å². The highest BCUT2D eigenvalue weighted by Crippen LogP contribution is 2.26. The van der Waals surface area contributed by atoms with Crippen molar-refractivity contribution < 1.29 is 13.6 Å². The minimum atomic E-state index is -0.583. The van der Waals surface area contributed by atoms with E-state index in [1.807, 2.05) is 17.5 Å². The number of oxazole rings is 1. The summed E-state index contributed by atoms with van der Waals surface area (Å²) in [4.78, 5) is 25.7. The molecule has 0 aliphatic carbocycles. The summed E-state index contributed by atoms with van der Waals surface area (Å²) >= 11 is 1.49. The lowest BCUT2D eigenvalue weighted by Crippen LogP contribution is -2.34. The molecule has 4 rings (SSSR count). The van der Waals surface area contributed by atoms with Gasteiger partial charge in [0.1, 0.15) is 12.4 Å². The molecule has 27 heavy (non-hydrogen) atoms. The van der Waals surface area contributed by atoms with E-state index in [-0.39, 0.29) is 18.3 Å². The zero-order valence-corrected chi connectivity index (χ0v) is 14.9. The van der Waals surface area contributed by atoms with Crippen LogP contribution >= 0.6 is 11.3 Å². The summed E-state index contributed by atoms with van der Waals surface area (Å²) in [7, 11) is 0. The Balaban J connectivity index is 1.61. The molecule has 7 heteroatoms. The molecule has 2 aromatic heterocycles. The molecule has 1 atom stereocenters. The molecule has 0 aliphatic heterocycles. The van der Waals surface area contributed by atoms with Crippen molar-refractivity contribution in [1.82, 2.24) is 9.88 Å². The third kappa shape index (κ3) is 3.54. The molecule has 0 saturated heterocycles. The Morgan fingerprint density at radius 3 is 2.63 bits per heavy atom. The molecular weight excluding hydrogens is 367 g/mol. The van der Waals surface area contributed by atoms with Gasteiger partial charge in [0.05, 0.1) is 11.6 Å². The fourth-order valence-electron chi connectivity index (χ4n) is 2.94. The number of halogens is 1. The lowest BCUT2D eigenvalue weighted by Gasteiger charge is -2.18. The third-order valence-corrected chi connectivity index (χ3v) is 5.15. The molecule has 0 saturated carbocycles. The fraction of sp³-hybridized carbons (Fsp3) is 0.100. The summed E-state index contributed by atoms with van der Waals surface area (Å²) < 4.78 is 19.7. The first-order chi connectivity index (χ1) is 13.1. The second-order valence-electron chi connectivity index (χ2n) is 5.99. The molecule has 0 aliphatic rings. The molecule has 1 unspecified atom stereocenters. The lowest BCUT2D eigenvalue weighted by atomic mass is 10.1. The van der Waals surface area contributed by atoms with Crippen LogP contribution in [0.1, 0.15) is 16.5 Å². The highest BCUT2D eigenvalue weighted by Gasteiger charge is 2.20. The van der Waals surface area contributed by atoms with Gasteiger partial charge >= 0.3 is 5.76 Å². The number of benzene rings is 2. The Hall–Kier alpha value is -3.19. The fourth-order valence-corrected chi connectivity index (χ4v) is 3.75. The van der Waals surface area contributed by atoms with E-state index in [2.05, 4.69) is 5.32 Å². The zero-order chi connectivity index (χ0) is 18.8. The predicted molar refractivity (Wildman–Crippen MR) is 101 cm³/mol. The molecule has 1 N–H and O–H groups in total. The van der Waals surface area contributed by atoms with E-state index in [1.165, 1.54) is 28.0 Å². The van der Waals surface area contributed by atoms with Gasteiger partial charge in [0.2, 0.25) is 5.91 Å². The van der Waals surface area contributed by atoms with Gasteiger partial charge < -0.3 is 9.73 Å². The molecule has 0 fully saturated rings. The Bertz CT molecular complexity index is 1130. The third-order valence-electron chi connectivity index (χ3n) is 4.21. The van der Waals surface area contributed by atoms with E-state index in [4.69, 9.17) is 4.42 Å². The van der Waals surface area contributed by atoms with E-state index in [0.29, 0.717) is 11.1 Å². The van der Waals surface area contributed by atoms with Gasteiger partial charge in [-0.25, -0.2) is 9.18 Å². The van der Waals surface area contributed by atoms with Gasteiger partial charge in [-0.3, -0.25) is 9.36 Å². The van der Waals surface area contributed by atoms with Crippen molar-refractivity contribution in [3.05, 3.63) is 92.9 Å². The average Bonchev–Trinajstić information content (AvgIpc) is 3.29. The van der Waals surface area contributed by atoms with E-state index >= 15 is 0 Å². The highest BCUT2D eigenvalue weighted by molar-refractivity contribution is 7.10. The van der Waals surface area contributed by atoms with Crippen LogP contribution < -0.4 is 11.1 Å². The molecule has 136 valence electrons. The topological polar surface area (TPSA) is 64.2 Å². The Morgan fingerprint density at radius 2 is 1.89 bits per heavy atom. The van der Waals surface area contributed by atoms with Crippen molar-refractivity contribution in [2.24, 2.45) is 0 Å². The SMILES string of the molecule is O=C(Cn1c(=O)oc2ccccc21)NC(c1ccc(F)cc1)c1cccs1. The van der Waals surface area contributed by atoms with Crippen LogP contribution in [0.15, 0.2) is 75.3 Å². The Kier molecular flexibility index (Phi) is 4.60. The van der Waals surface area contributed by atoms with Crippen LogP contribution in [-0.2, 0) is 11.3 Å². The number of hydrogen-bond donors (Lipinski definition) is 1. The quantitative estimate of drug-likeness (QED) is 0.572. The van der Waals surface area contributed by atoms with Crippen molar-refractivity contribution in [3.8, 4) is 0 Å². The molecule has 0 radical (unpaired) electrons. The van der Waals surface area contributed by atoms with Crippen molar-refractivity contribution >= 4 is 28.3 Å². The van der Waals surface area contributed by atoms with Crippen LogP contribution in [0.25, 0.3) is 11.1 Å². The van der Waals surface area contributed by atoms with E-state index in [9.17, 15) is 14.0 Å². The molecule has 2 aromatic carbocycles. The Morgan fingerprint density at radius 1 is 1.11 bits per heavy atom. The first-order valence-corrected chi connectivity index (χ1v) is 9.16. The van der Waals surface area contributed by atoms with Gasteiger partial charge in [0, 0.05) is 4.88 Å². The molecule has 4 aromatic rings. The number of fused-ring (bicyclic) bond motifs is 1. The summed E-state index contributed by atoms with van der Waals surface area (Å²) in [5.74, 6) is -1.27. The van der Waals surface area contributed by atoms with Gasteiger partial charge in [-0.05, 0) is 41.3 Å². The zero-order valence-electron chi connectivity index (χ0n) is 14.1. The number of nitrogens with zero attached hydrogens (tertiary/aromatic N) is 1. The standard InChI is InChI=1S/C20H15FN2O3S/c21-14-9-7-13(8-10-14)19(17-6-3-11-27-17)22-18(24)12-23-15-4-1-2-5-16(15)26-20(23)25/h1-11,19H,12H2,(H,22,24). The molecular formula is C20H15FN2O3S. The maximum absolute atomic E-state index is 13.3. The van der Waals surface area contributed by atoms with Gasteiger partial charge in [-0.1, -0.05) is 30.3 Å². The molecule has 0 bridgehead atoms. The average molecular weight is 382 g/mol. The van der Waals surface area contributed by atoms with Gasteiger partial charge in [0.15, 0.2) is 5.58 Å². The van der Waals surface area contributed by atoms with Crippen LogP contribution in [0.3, 0.4) is 0 Å². The van der Waals surface area contributed by atoms with Crippen molar-refractivity contribution in [3.63, 3.8) is 0 Å². The summed E-state index contributed by atoms with van der Waals surface area (Å²) in [5.41, 5.74) is 1.76. The number of amides is 1. The number of carbonyl (C=O) groups is 1. The summed E-state index contributed by atoms with van der Waals surface area (Å²) in [5, 5.41) is 4.84. The van der Waals surface area contributed by atoms with Crippen molar-refractivity contribution in [2.75, 3.05) is 0 Å². The van der Waals surface area contributed by atoms with Gasteiger partial charge in [0.25, 0.3) is 0 Å². The predicted octanol–water partition coefficient (Wildman–Crippen LogP) is 3.70. The molecule has 1 amide bonds. The maximum Gasteiger partial charge on any atom is 0.420 e. The van der Waals surface area contributed by atoms with Crippen LogP contribution in [0.2, 0.25) is 0 Å². The monoisotopic (exact) mass is 382 g/mol.